The quantitative estimate of drug-likeness (QED) is 0.0627. The minimum atomic E-state index is -1.32. The molecule has 1 N–H and O–H groups in total. The lowest BCUT2D eigenvalue weighted by Crippen LogP contribution is -2.43. The van der Waals surface area contributed by atoms with Crippen molar-refractivity contribution in [2.45, 2.75) is 59.7 Å². The van der Waals surface area contributed by atoms with Gasteiger partial charge in [-0.15, -0.1) is 0 Å². The third-order valence-corrected chi connectivity index (χ3v) is 13.5. The standard InChI is InChI=1S/C57H53FN4O10/c1-5-60(6-2)39-17-19-45-50(27-39)71-51-28-40(18-20-46(51)57(45)44-16-12-11-15-41(44)55(65)72-57)70-56(66)69-34-38-26-35(4)25-37(53(38)67-32-36-13-9-8-10-14-36)33-68-54(64)43-31-61(7-3)48-30-49(62-23-21-59-22-24-62)47(58)29-42(48)52(43)63/h8-20,25-31,59H,5-7,21-24,32-34H2,1-4H3. The Morgan fingerprint density at radius 3 is 2.21 bits per heavy atom. The molecule has 4 heterocycles. The van der Waals surface area contributed by atoms with Crippen molar-refractivity contribution in [1.29, 1.82) is 0 Å². The summed E-state index contributed by atoms with van der Waals surface area (Å²) in [6.07, 6.45) is 0.434. The molecule has 14 nitrogen and oxygen atoms in total. The molecule has 7 aromatic rings. The predicted octanol–water partition coefficient (Wildman–Crippen LogP) is 9.94. The summed E-state index contributed by atoms with van der Waals surface area (Å²) in [6, 6.07) is 33.9. The molecule has 0 amide bonds. The maximum Gasteiger partial charge on any atom is 0.514 e. The van der Waals surface area contributed by atoms with Gasteiger partial charge in [-0.05, 0) is 87.9 Å². The van der Waals surface area contributed by atoms with Crippen molar-refractivity contribution in [2.24, 2.45) is 0 Å². The Labute approximate surface area is 415 Å². The Hall–Kier alpha value is -8.17. The van der Waals surface area contributed by atoms with Gasteiger partial charge in [-0.25, -0.2) is 18.8 Å². The van der Waals surface area contributed by atoms with Crippen molar-refractivity contribution in [3.05, 3.63) is 188 Å². The first-order chi connectivity index (χ1) is 35.0. The summed E-state index contributed by atoms with van der Waals surface area (Å²) < 4.78 is 54.0. The van der Waals surface area contributed by atoms with Crippen molar-refractivity contribution >= 4 is 40.4 Å². The van der Waals surface area contributed by atoms with E-state index in [9.17, 15) is 19.2 Å². The van der Waals surface area contributed by atoms with Crippen molar-refractivity contribution in [3.63, 3.8) is 0 Å². The SMILES string of the molecule is CCN(CC)c1ccc2c(c1)Oc1cc(OC(=O)OCc3cc(C)cc(COC(=O)c4cn(CC)c5cc(N6CCNCC6)c(F)cc5c4=O)c3OCc3ccccc3)ccc1C21OC(=O)c2ccccc21. The van der Waals surface area contributed by atoms with E-state index in [1.165, 1.54) is 12.3 Å². The van der Waals surface area contributed by atoms with E-state index >= 15 is 4.39 Å². The lowest BCUT2D eigenvalue weighted by Gasteiger charge is -2.37. The third-order valence-electron chi connectivity index (χ3n) is 13.5. The molecule has 0 bridgehead atoms. The van der Waals surface area contributed by atoms with Crippen molar-refractivity contribution in [3.8, 4) is 23.0 Å². The molecule has 368 valence electrons. The van der Waals surface area contributed by atoms with Gasteiger partial charge in [0.05, 0.1) is 16.8 Å². The molecular formula is C57H53FN4O10. The predicted molar refractivity (Wildman–Crippen MR) is 269 cm³/mol. The maximum absolute atomic E-state index is 15.6. The molecule has 0 radical (unpaired) electrons. The summed E-state index contributed by atoms with van der Waals surface area (Å²) in [5, 5.41) is 3.34. The van der Waals surface area contributed by atoms with E-state index in [1.807, 2.05) is 79.4 Å². The first-order valence-corrected chi connectivity index (χ1v) is 24.2. The van der Waals surface area contributed by atoms with Crippen LogP contribution in [0, 0.1) is 12.7 Å². The number of hydrogen-bond donors (Lipinski definition) is 1. The zero-order valence-corrected chi connectivity index (χ0v) is 40.4. The fourth-order valence-corrected chi connectivity index (χ4v) is 9.99. The Bertz CT molecular complexity index is 3310. The van der Waals surface area contributed by atoms with Gasteiger partial charge in [-0.1, -0.05) is 54.1 Å². The second-order valence-corrected chi connectivity index (χ2v) is 17.8. The summed E-state index contributed by atoms with van der Waals surface area (Å²) in [5.74, 6) is -0.661. The van der Waals surface area contributed by atoms with E-state index in [4.69, 9.17) is 28.4 Å². The van der Waals surface area contributed by atoms with Crippen LogP contribution in [0.4, 0.5) is 20.6 Å². The molecule has 10 rings (SSSR count). The summed E-state index contributed by atoms with van der Waals surface area (Å²) in [7, 11) is 0. The average Bonchev–Trinajstić information content (AvgIpc) is 3.69. The summed E-state index contributed by atoms with van der Waals surface area (Å²) in [6.45, 7) is 12.0. The van der Waals surface area contributed by atoms with Crippen molar-refractivity contribution < 1.29 is 47.2 Å². The van der Waals surface area contributed by atoms with Crippen LogP contribution in [0.15, 0.2) is 126 Å². The Balaban J connectivity index is 0.903. The first kappa shape index (κ1) is 47.5. The van der Waals surface area contributed by atoms with Crippen LogP contribution in [0.3, 0.4) is 0 Å². The Morgan fingerprint density at radius 1 is 0.778 bits per heavy atom. The van der Waals surface area contributed by atoms with Gasteiger partial charge in [0.15, 0.2) is 5.60 Å². The number of hydrogen-bond acceptors (Lipinski definition) is 13. The molecule has 0 saturated carbocycles. The van der Waals surface area contributed by atoms with Crippen LogP contribution in [0.25, 0.3) is 10.9 Å². The number of rotatable bonds is 14. The summed E-state index contributed by atoms with van der Waals surface area (Å²) in [4.78, 5) is 58.9. The van der Waals surface area contributed by atoms with Gasteiger partial charge in [0.2, 0.25) is 5.43 Å². The number of piperazine rings is 1. The smallest absolute Gasteiger partial charge is 0.488 e. The summed E-state index contributed by atoms with van der Waals surface area (Å²) >= 11 is 0. The number of fused-ring (bicyclic) bond motifs is 7. The number of nitrogens with zero attached hydrogens (tertiary/aromatic N) is 3. The molecule has 6 aromatic carbocycles. The highest BCUT2D eigenvalue weighted by atomic mass is 19.1. The molecule has 15 heteroatoms. The third kappa shape index (κ3) is 8.85. The second-order valence-electron chi connectivity index (χ2n) is 17.8. The first-order valence-electron chi connectivity index (χ1n) is 24.2. The molecule has 1 saturated heterocycles. The molecule has 3 aliphatic heterocycles. The number of pyridine rings is 1. The Kier molecular flexibility index (Phi) is 13.1. The monoisotopic (exact) mass is 972 g/mol. The van der Waals surface area contributed by atoms with Crippen LogP contribution >= 0.6 is 0 Å². The number of ether oxygens (including phenoxy) is 6. The van der Waals surface area contributed by atoms with E-state index < -0.39 is 34.9 Å². The zero-order valence-electron chi connectivity index (χ0n) is 40.4. The van der Waals surface area contributed by atoms with Gasteiger partial charge in [0, 0.05) is 103 Å². The van der Waals surface area contributed by atoms with Gasteiger partial charge in [-0.2, -0.15) is 0 Å². The van der Waals surface area contributed by atoms with Gasteiger partial charge in [0.25, 0.3) is 0 Å². The zero-order chi connectivity index (χ0) is 50.1. The number of benzene rings is 6. The summed E-state index contributed by atoms with van der Waals surface area (Å²) in [5.41, 5.74) is 4.50. The lowest BCUT2D eigenvalue weighted by atomic mass is 9.77. The maximum atomic E-state index is 15.6. The number of carbonyl (C=O) groups excluding carboxylic acids is 3. The van der Waals surface area contributed by atoms with E-state index in [0.29, 0.717) is 94.6 Å². The molecule has 1 aromatic heterocycles. The molecule has 0 aliphatic carbocycles. The van der Waals surface area contributed by atoms with E-state index in [1.54, 1.807) is 53.1 Å². The normalized spacial score (nSPS) is 15.5. The highest BCUT2D eigenvalue weighted by molar-refractivity contribution is 5.97. The highest BCUT2D eigenvalue weighted by Crippen LogP contribution is 2.57. The van der Waals surface area contributed by atoms with Gasteiger partial charge in [-0.3, -0.25) is 4.79 Å². The van der Waals surface area contributed by atoms with E-state index in [2.05, 4.69) is 24.1 Å². The molecule has 1 unspecified atom stereocenters. The van der Waals surface area contributed by atoms with E-state index in [0.717, 1.165) is 29.9 Å². The highest BCUT2D eigenvalue weighted by Gasteiger charge is 2.53. The number of anilines is 2. The van der Waals surface area contributed by atoms with Crippen LogP contribution in [0.1, 0.15) is 80.4 Å². The molecular weight excluding hydrogens is 920 g/mol. The topological polar surface area (TPSA) is 147 Å². The van der Waals surface area contributed by atoms with Gasteiger partial charge in [0.1, 0.15) is 54.2 Å². The minimum Gasteiger partial charge on any atom is -0.488 e. The van der Waals surface area contributed by atoms with Gasteiger partial charge < -0.3 is 48.1 Å². The van der Waals surface area contributed by atoms with Crippen LogP contribution in [-0.2, 0) is 46.2 Å². The number of esters is 2. The molecule has 1 atom stereocenters. The molecule has 1 spiro atoms. The number of nitrogens with one attached hydrogen (secondary N) is 1. The fraction of sp³-hybridized carbons (Fsp3) is 0.263. The Morgan fingerprint density at radius 2 is 1.47 bits per heavy atom. The van der Waals surface area contributed by atoms with Crippen molar-refractivity contribution in [1.82, 2.24) is 9.88 Å². The second kappa shape index (κ2) is 19.9. The van der Waals surface area contributed by atoms with Crippen LogP contribution < -0.4 is 34.8 Å². The number of halogens is 1. The molecule has 1 fully saturated rings. The minimum absolute atomic E-state index is 0.0724. The number of aryl methyl sites for hydroxylation is 2. The van der Waals surface area contributed by atoms with Crippen molar-refractivity contribution in [2.75, 3.05) is 49.1 Å². The lowest BCUT2D eigenvalue weighted by molar-refractivity contribution is 0.0224. The number of aromatic nitrogens is 1. The average molecular weight is 973 g/mol. The van der Waals surface area contributed by atoms with Crippen LogP contribution in [0.2, 0.25) is 0 Å². The van der Waals surface area contributed by atoms with E-state index in [-0.39, 0.29) is 36.5 Å². The molecule has 3 aliphatic rings. The fourth-order valence-electron chi connectivity index (χ4n) is 9.99. The number of carbonyl (C=O) groups is 3. The van der Waals surface area contributed by atoms with Crippen LogP contribution in [-0.4, -0.2) is 61.9 Å². The largest absolute Gasteiger partial charge is 0.514 e. The molecule has 72 heavy (non-hydrogen) atoms. The van der Waals surface area contributed by atoms with Crippen LogP contribution in [0.5, 0.6) is 23.0 Å². The van der Waals surface area contributed by atoms with Gasteiger partial charge >= 0.3 is 18.1 Å².